The number of alkyl halides is 3. The Balaban J connectivity index is 0.00000480. The average Bonchev–Trinajstić information content (AvgIpc) is 3.09. The summed E-state index contributed by atoms with van der Waals surface area (Å²) < 4.78 is 37.6. The number of nitrogens with one attached hydrogen (secondary N) is 3. The van der Waals surface area contributed by atoms with Crippen molar-refractivity contribution in [3.05, 3.63) is 35.4 Å². The predicted octanol–water partition coefficient (Wildman–Crippen LogP) is 1.21. The number of aliphatic imine (C=N–C) groups is 1. The third-order valence-corrected chi connectivity index (χ3v) is 4.42. The zero-order chi connectivity index (χ0) is 22.1. The molecule has 0 spiro atoms. The van der Waals surface area contributed by atoms with Crippen LogP contribution in [0.4, 0.5) is 13.2 Å². The lowest BCUT2D eigenvalue weighted by Crippen LogP contribution is -2.45. The second-order valence-corrected chi connectivity index (χ2v) is 7.02. The van der Waals surface area contributed by atoms with E-state index >= 15 is 0 Å². The molecule has 0 aliphatic carbocycles. The van der Waals surface area contributed by atoms with Crippen molar-refractivity contribution in [1.29, 1.82) is 0 Å². The van der Waals surface area contributed by atoms with E-state index in [1.54, 1.807) is 24.3 Å². The largest absolute Gasteiger partial charge is 0.401 e. The number of amides is 2. The summed E-state index contributed by atoms with van der Waals surface area (Å²) in [5, 5.41) is 8.68. The van der Waals surface area contributed by atoms with Crippen LogP contribution in [0.15, 0.2) is 29.3 Å². The molecular formula is C19H28F3IN6O2. The summed E-state index contributed by atoms with van der Waals surface area (Å²) >= 11 is 0. The van der Waals surface area contributed by atoms with E-state index in [-0.39, 0.29) is 36.6 Å². The Labute approximate surface area is 196 Å². The van der Waals surface area contributed by atoms with Gasteiger partial charge in [0.05, 0.1) is 19.6 Å². The maximum Gasteiger partial charge on any atom is 0.401 e. The highest BCUT2D eigenvalue weighted by atomic mass is 127. The van der Waals surface area contributed by atoms with Crippen LogP contribution < -0.4 is 21.7 Å². The lowest BCUT2D eigenvalue weighted by atomic mass is 10.1. The van der Waals surface area contributed by atoms with Crippen molar-refractivity contribution in [2.24, 2.45) is 10.7 Å². The van der Waals surface area contributed by atoms with Gasteiger partial charge >= 0.3 is 6.18 Å². The second-order valence-electron chi connectivity index (χ2n) is 7.02. The Hall–Kier alpha value is -2.09. The van der Waals surface area contributed by atoms with Crippen molar-refractivity contribution in [3.63, 3.8) is 0 Å². The highest BCUT2D eigenvalue weighted by Crippen LogP contribution is 2.19. The number of guanidine groups is 1. The van der Waals surface area contributed by atoms with E-state index in [0.29, 0.717) is 44.1 Å². The Kier molecular flexibility index (Phi) is 11.0. The molecule has 1 fully saturated rings. The fourth-order valence-electron chi connectivity index (χ4n) is 3.06. The molecule has 0 radical (unpaired) electrons. The molecule has 1 aromatic carbocycles. The van der Waals surface area contributed by atoms with Crippen molar-refractivity contribution in [1.82, 2.24) is 20.9 Å². The standard InChI is InChI=1S/C19H27F3N6O2.HI/c1-2-24-18(27-15-7-8-28(11-15)12-19(20,21)22)26-9-13-3-5-14(6-4-13)17(30)25-10-16(23)29;/h3-6,15H,2,7-12H2,1H3,(H2,23,29)(H,25,30)(H2,24,26,27);1H. The number of hydrogen-bond donors (Lipinski definition) is 4. The summed E-state index contributed by atoms with van der Waals surface area (Å²) in [6.07, 6.45) is -3.59. The first-order valence-corrected chi connectivity index (χ1v) is 9.65. The van der Waals surface area contributed by atoms with E-state index < -0.39 is 24.5 Å². The number of benzene rings is 1. The van der Waals surface area contributed by atoms with Crippen LogP contribution in [0.25, 0.3) is 0 Å². The third kappa shape index (κ3) is 10.2. The average molecular weight is 556 g/mol. The minimum absolute atomic E-state index is 0. The number of nitrogens with zero attached hydrogens (tertiary/aromatic N) is 2. The Morgan fingerprint density at radius 3 is 2.48 bits per heavy atom. The van der Waals surface area contributed by atoms with E-state index in [0.717, 1.165) is 5.56 Å². The first-order valence-electron chi connectivity index (χ1n) is 9.65. The number of carbonyl (C=O) groups is 2. The number of carbonyl (C=O) groups excluding carboxylic acids is 2. The van der Waals surface area contributed by atoms with Crippen LogP contribution in [-0.2, 0) is 11.3 Å². The van der Waals surface area contributed by atoms with Gasteiger partial charge in [0, 0.05) is 31.2 Å². The number of primary amides is 1. The Morgan fingerprint density at radius 1 is 1.23 bits per heavy atom. The molecule has 1 atom stereocenters. The molecule has 1 unspecified atom stereocenters. The number of hydrogen-bond acceptors (Lipinski definition) is 4. The van der Waals surface area contributed by atoms with Gasteiger partial charge in [-0.25, -0.2) is 4.99 Å². The normalized spacial score (nSPS) is 17.0. The third-order valence-electron chi connectivity index (χ3n) is 4.42. The van der Waals surface area contributed by atoms with Gasteiger partial charge in [-0.15, -0.1) is 24.0 Å². The summed E-state index contributed by atoms with van der Waals surface area (Å²) in [6, 6.07) is 6.61. The number of rotatable bonds is 8. The molecule has 1 aromatic rings. The predicted molar refractivity (Wildman–Crippen MR) is 122 cm³/mol. The fraction of sp³-hybridized carbons (Fsp3) is 0.526. The number of likely N-dealkylation sites (tertiary alicyclic amines) is 1. The van der Waals surface area contributed by atoms with Crippen LogP contribution in [0.3, 0.4) is 0 Å². The van der Waals surface area contributed by atoms with Gasteiger partial charge in [-0.3, -0.25) is 14.5 Å². The first-order chi connectivity index (χ1) is 14.2. The topological polar surface area (TPSA) is 112 Å². The van der Waals surface area contributed by atoms with Gasteiger partial charge in [-0.2, -0.15) is 13.2 Å². The minimum atomic E-state index is -4.20. The molecule has 0 saturated carbocycles. The van der Waals surface area contributed by atoms with Gasteiger partial charge in [0.2, 0.25) is 5.91 Å². The highest BCUT2D eigenvalue weighted by molar-refractivity contribution is 14.0. The minimum Gasteiger partial charge on any atom is -0.368 e. The molecule has 174 valence electrons. The number of nitrogens with two attached hydrogens (primary N) is 1. The quantitative estimate of drug-likeness (QED) is 0.219. The summed E-state index contributed by atoms with van der Waals surface area (Å²) in [5.74, 6) is -0.496. The van der Waals surface area contributed by atoms with Crippen LogP contribution in [0.1, 0.15) is 29.3 Å². The lowest BCUT2D eigenvalue weighted by molar-refractivity contribution is -0.143. The van der Waals surface area contributed by atoms with Crippen molar-refractivity contribution in [2.75, 3.05) is 32.7 Å². The molecule has 1 aliphatic rings. The van der Waals surface area contributed by atoms with Crippen molar-refractivity contribution < 1.29 is 22.8 Å². The van der Waals surface area contributed by atoms with Crippen molar-refractivity contribution >= 4 is 41.8 Å². The molecule has 0 bridgehead atoms. The summed E-state index contributed by atoms with van der Waals surface area (Å²) in [5.41, 5.74) is 6.24. The van der Waals surface area contributed by atoms with E-state index in [4.69, 9.17) is 5.73 Å². The second kappa shape index (κ2) is 12.7. The fourth-order valence-corrected chi connectivity index (χ4v) is 3.06. The van der Waals surface area contributed by atoms with Crippen molar-refractivity contribution in [2.45, 2.75) is 32.1 Å². The highest BCUT2D eigenvalue weighted by Gasteiger charge is 2.34. The molecule has 8 nitrogen and oxygen atoms in total. The van der Waals surface area contributed by atoms with E-state index in [1.807, 2.05) is 6.92 Å². The van der Waals surface area contributed by atoms with Gasteiger partial charge in [-0.1, -0.05) is 12.1 Å². The molecule has 12 heteroatoms. The van der Waals surface area contributed by atoms with Crippen LogP contribution >= 0.6 is 24.0 Å². The molecular weight excluding hydrogens is 528 g/mol. The Bertz CT molecular complexity index is 758. The van der Waals surface area contributed by atoms with Gasteiger partial charge in [-0.05, 0) is 31.0 Å². The molecule has 2 rings (SSSR count). The maximum absolute atomic E-state index is 12.5. The Morgan fingerprint density at radius 2 is 1.90 bits per heavy atom. The van der Waals surface area contributed by atoms with E-state index in [2.05, 4.69) is 20.9 Å². The number of halogens is 4. The molecule has 0 aromatic heterocycles. The SMILES string of the molecule is CCNC(=NCc1ccc(C(=O)NCC(N)=O)cc1)NC1CCN(CC(F)(F)F)C1.I. The zero-order valence-electron chi connectivity index (χ0n) is 17.2. The molecule has 2 amide bonds. The van der Waals surface area contributed by atoms with Gasteiger partial charge in [0.15, 0.2) is 5.96 Å². The summed E-state index contributed by atoms with van der Waals surface area (Å²) in [7, 11) is 0. The monoisotopic (exact) mass is 556 g/mol. The van der Waals surface area contributed by atoms with Crippen LogP contribution in [0, 0.1) is 0 Å². The summed E-state index contributed by atoms with van der Waals surface area (Å²) in [4.78, 5) is 28.5. The molecule has 1 saturated heterocycles. The molecule has 5 N–H and O–H groups in total. The van der Waals surface area contributed by atoms with Gasteiger partial charge < -0.3 is 21.7 Å². The van der Waals surface area contributed by atoms with Crippen molar-refractivity contribution in [3.8, 4) is 0 Å². The first kappa shape index (κ1) is 26.9. The zero-order valence-corrected chi connectivity index (χ0v) is 19.5. The lowest BCUT2D eigenvalue weighted by Gasteiger charge is -2.19. The maximum atomic E-state index is 12.5. The molecule has 31 heavy (non-hydrogen) atoms. The van der Waals surface area contributed by atoms with E-state index in [1.165, 1.54) is 4.90 Å². The summed E-state index contributed by atoms with van der Waals surface area (Å²) in [6.45, 7) is 2.40. The molecule has 1 heterocycles. The van der Waals surface area contributed by atoms with Crippen LogP contribution in [0.2, 0.25) is 0 Å². The van der Waals surface area contributed by atoms with Crippen LogP contribution in [0.5, 0.6) is 0 Å². The van der Waals surface area contributed by atoms with E-state index in [9.17, 15) is 22.8 Å². The van der Waals surface area contributed by atoms with Gasteiger partial charge in [0.1, 0.15) is 0 Å². The smallest absolute Gasteiger partial charge is 0.368 e. The van der Waals surface area contributed by atoms with Crippen LogP contribution in [-0.4, -0.2) is 67.6 Å². The van der Waals surface area contributed by atoms with Gasteiger partial charge in [0.25, 0.3) is 5.91 Å². The molecule has 1 aliphatic heterocycles.